The molecule has 0 saturated carbocycles. The fraction of sp³-hybridized carbons (Fsp3) is 0.438. The van der Waals surface area contributed by atoms with Crippen LogP contribution < -0.4 is 10.6 Å². The zero-order valence-corrected chi connectivity index (χ0v) is 18.5. The van der Waals surface area contributed by atoms with E-state index >= 15 is 0 Å². The predicted molar refractivity (Wildman–Crippen MR) is 116 cm³/mol. The van der Waals surface area contributed by atoms with Gasteiger partial charge in [0.15, 0.2) is 5.96 Å². The van der Waals surface area contributed by atoms with Gasteiger partial charge in [0.05, 0.1) is 11.6 Å². The number of aliphatic imine (C=N–C) groups is 1. The van der Waals surface area contributed by atoms with Crippen LogP contribution in [0.5, 0.6) is 0 Å². The van der Waals surface area contributed by atoms with Crippen LogP contribution in [0.25, 0.3) is 0 Å². The molecule has 1 amide bonds. The van der Waals surface area contributed by atoms with Gasteiger partial charge in [0, 0.05) is 43.0 Å². The maximum absolute atomic E-state index is 11.8. The average Bonchev–Trinajstić information content (AvgIpc) is 3.26. The van der Waals surface area contributed by atoms with Gasteiger partial charge in [0.25, 0.3) is 0 Å². The third-order valence-electron chi connectivity index (χ3n) is 3.33. The first-order valence-corrected chi connectivity index (χ1v) is 9.46. The molecule has 2 N–H and O–H groups in total. The fourth-order valence-electron chi connectivity index (χ4n) is 1.86. The van der Waals surface area contributed by atoms with Gasteiger partial charge >= 0.3 is 0 Å². The Balaban J connectivity index is 0.00000312. The molecule has 1 atom stereocenters. The first-order chi connectivity index (χ1) is 11.6. The number of carbonyl (C=O) groups excluding carboxylic acids is 1. The lowest BCUT2D eigenvalue weighted by Crippen LogP contribution is -2.39. The van der Waals surface area contributed by atoms with Gasteiger partial charge in [-0.05, 0) is 11.4 Å². The number of likely N-dealkylation sites (N-methyl/N-ethyl adjacent to an activating group) is 1. The van der Waals surface area contributed by atoms with E-state index in [1.807, 2.05) is 23.0 Å². The second-order valence-electron chi connectivity index (χ2n) is 5.54. The Morgan fingerprint density at radius 2 is 2.12 bits per heavy atom. The SMILES string of the molecule is CC(CNC(=NCC(=O)N(C)C)NCc1cccs1)c1nccs1.I. The summed E-state index contributed by atoms with van der Waals surface area (Å²) in [5, 5.41) is 11.7. The van der Waals surface area contributed by atoms with Crippen LogP contribution in [0.3, 0.4) is 0 Å². The molecule has 0 fully saturated rings. The molecule has 2 aromatic rings. The Morgan fingerprint density at radius 1 is 1.32 bits per heavy atom. The highest BCUT2D eigenvalue weighted by molar-refractivity contribution is 14.0. The number of guanidine groups is 1. The number of amides is 1. The van der Waals surface area contributed by atoms with E-state index in [1.165, 1.54) is 4.88 Å². The van der Waals surface area contributed by atoms with Crippen LogP contribution in [0.15, 0.2) is 34.1 Å². The maximum Gasteiger partial charge on any atom is 0.243 e. The van der Waals surface area contributed by atoms with Gasteiger partial charge in [0.2, 0.25) is 5.91 Å². The van der Waals surface area contributed by atoms with Crippen LogP contribution in [0.4, 0.5) is 0 Å². The summed E-state index contributed by atoms with van der Waals surface area (Å²) in [6.45, 7) is 3.64. The molecule has 2 heterocycles. The van der Waals surface area contributed by atoms with Crippen molar-refractivity contribution >= 4 is 58.5 Å². The molecule has 0 aliphatic heterocycles. The van der Waals surface area contributed by atoms with Crippen LogP contribution in [0.1, 0.15) is 22.7 Å². The van der Waals surface area contributed by atoms with E-state index in [9.17, 15) is 4.79 Å². The molecule has 0 radical (unpaired) electrons. The molecule has 0 saturated heterocycles. The van der Waals surface area contributed by atoms with E-state index < -0.39 is 0 Å². The first-order valence-electron chi connectivity index (χ1n) is 7.70. The predicted octanol–water partition coefficient (Wildman–Crippen LogP) is 2.75. The Bertz CT molecular complexity index is 644. The number of rotatable bonds is 7. The highest BCUT2D eigenvalue weighted by Crippen LogP contribution is 2.16. The van der Waals surface area contributed by atoms with Gasteiger partial charge in [-0.3, -0.25) is 4.79 Å². The molecule has 0 spiro atoms. The third kappa shape index (κ3) is 7.70. The molecule has 0 aliphatic carbocycles. The Kier molecular flexibility index (Phi) is 9.98. The van der Waals surface area contributed by atoms with E-state index in [-0.39, 0.29) is 42.3 Å². The summed E-state index contributed by atoms with van der Waals surface area (Å²) in [5.74, 6) is 0.894. The largest absolute Gasteiger partial charge is 0.356 e. The molecule has 2 aromatic heterocycles. The van der Waals surface area contributed by atoms with Gasteiger partial charge in [-0.2, -0.15) is 0 Å². The van der Waals surface area contributed by atoms with E-state index in [2.05, 4.69) is 33.6 Å². The van der Waals surface area contributed by atoms with E-state index in [1.54, 1.807) is 41.7 Å². The molecule has 25 heavy (non-hydrogen) atoms. The van der Waals surface area contributed by atoms with Gasteiger partial charge in [-0.25, -0.2) is 9.98 Å². The summed E-state index contributed by atoms with van der Waals surface area (Å²) in [6, 6.07) is 4.09. The summed E-state index contributed by atoms with van der Waals surface area (Å²) in [4.78, 5) is 23.2. The summed E-state index contributed by atoms with van der Waals surface area (Å²) >= 11 is 3.33. The summed E-state index contributed by atoms with van der Waals surface area (Å²) < 4.78 is 0. The van der Waals surface area contributed by atoms with Crippen molar-refractivity contribution in [2.75, 3.05) is 27.2 Å². The zero-order valence-electron chi connectivity index (χ0n) is 14.6. The molecular formula is C16H24IN5OS2. The molecule has 138 valence electrons. The van der Waals surface area contributed by atoms with Crippen molar-refractivity contribution < 1.29 is 4.79 Å². The van der Waals surface area contributed by atoms with Crippen molar-refractivity contribution in [2.24, 2.45) is 4.99 Å². The molecule has 0 aromatic carbocycles. The van der Waals surface area contributed by atoms with Crippen molar-refractivity contribution in [1.82, 2.24) is 20.5 Å². The average molecular weight is 493 g/mol. The van der Waals surface area contributed by atoms with Crippen LogP contribution in [-0.4, -0.2) is 48.9 Å². The Labute approximate surface area is 173 Å². The maximum atomic E-state index is 11.8. The number of carbonyl (C=O) groups is 1. The van der Waals surface area contributed by atoms with Gasteiger partial charge in [0.1, 0.15) is 6.54 Å². The van der Waals surface area contributed by atoms with Gasteiger partial charge in [-0.15, -0.1) is 46.7 Å². The highest BCUT2D eigenvalue weighted by Gasteiger charge is 2.10. The van der Waals surface area contributed by atoms with Crippen molar-refractivity contribution in [2.45, 2.75) is 19.4 Å². The van der Waals surface area contributed by atoms with E-state index in [0.29, 0.717) is 19.0 Å². The number of hydrogen-bond donors (Lipinski definition) is 2. The number of thiophene rings is 1. The molecule has 0 bridgehead atoms. The smallest absolute Gasteiger partial charge is 0.243 e. The highest BCUT2D eigenvalue weighted by atomic mass is 127. The number of hydrogen-bond acceptors (Lipinski definition) is 5. The van der Waals surface area contributed by atoms with E-state index in [0.717, 1.165) is 5.01 Å². The number of thiazole rings is 1. The molecule has 1 unspecified atom stereocenters. The standard InChI is InChI=1S/C16H23N5OS2.HI/c1-12(15-17-6-8-24-15)9-18-16(20-11-14(22)21(2)3)19-10-13-5-4-7-23-13;/h4-8,12H,9-11H2,1-3H3,(H2,18,19,20);1H. The van der Waals surface area contributed by atoms with Crippen molar-refractivity contribution in [1.29, 1.82) is 0 Å². The normalized spacial score (nSPS) is 12.2. The Hall–Kier alpha value is -1.20. The summed E-state index contributed by atoms with van der Waals surface area (Å²) in [5.41, 5.74) is 0. The first kappa shape index (κ1) is 21.8. The second-order valence-corrected chi connectivity index (χ2v) is 7.50. The number of nitrogens with one attached hydrogen (secondary N) is 2. The second kappa shape index (κ2) is 11.4. The quantitative estimate of drug-likeness (QED) is 0.354. The molecule has 9 heteroatoms. The lowest BCUT2D eigenvalue weighted by atomic mass is 10.2. The lowest BCUT2D eigenvalue weighted by molar-refractivity contribution is -0.127. The fourth-order valence-corrected chi connectivity index (χ4v) is 3.20. The van der Waals surface area contributed by atoms with Crippen LogP contribution >= 0.6 is 46.7 Å². The van der Waals surface area contributed by atoms with Crippen LogP contribution in [0.2, 0.25) is 0 Å². The minimum absolute atomic E-state index is 0. The number of aromatic nitrogens is 1. The van der Waals surface area contributed by atoms with Crippen LogP contribution in [-0.2, 0) is 11.3 Å². The summed E-state index contributed by atoms with van der Waals surface area (Å²) in [7, 11) is 3.46. The Morgan fingerprint density at radius 3 is 2.72 bits per heavy atom. The zero-order chi connectivity index (χ0) is 17.4. The third-order valence-corrected chi connectivity index (χ3v) is 5.21. The topological polar surface area (TPSA) is 69.6 Å². The van der Waals surface area contributed by atoms with Crippen molar-refractivity contribution in [3.8, 4) is 0 Å². The molecule has 6 nitrogen and oxygen atoms in total. The molecule has 2 rings (SSSR count). The van der Waals surface area contributed by atoms with Crippen LogP contribution in [0, 0.1) is 0 Å². The lowest BCUT2D eigenvalue weighted by Gasteiger charge is -2.15. The van der Waals surface area contributed by atoms with E-state index in [4.69, 9.17) is 0 Å². The van der Waals surface area contributed by atoms with Crippen molar-refractivity contribution in [3.05, 3.63) is 39.0 Å². The van der Waals surface area contributed by atoms with Gasteiger partial charge in [-0.1, -0.05) is 13.0 Å². The number of nitrogens with zero attached hydrogens (tertiary/aromatic N) is 3. The monoisotopic (exact) mass is 493 g/mol. The minimum atomic E-state index is -0.0276. The molecule has 0 aliphatic rings. The minimum Gasteiger partial charge on any atom is -0.356 e. The van der Waals surface area contributed by atoms with Gasteiger partial charge < -0.3 is 15.5 Å². The molecular weight excluding hydrogens is 469 g/mol. The summed E-state index contributed by atoms with van der Waals surface area (Å²) in [6.07, 6.45) is 1.82. The number of halogens is 1. The van der Waals surface area contributed by atoms with Crippen molar-refractivity contribution in [3.63, 3.8) is 0 Å².